The molecule has 9 heteroatoms. The van der Waals surface area contributed by atoms with Crippen LogP contribution in [0.25, 0.3) is 0 Å². The molecule has 2 aromatic rings. The van der Waals surface area contributed by atoms with Gasteiger partial charge in [-0.15, -0.1) is 0 Å². The second-order valence-corrected chi connectivity index (χ2v) is 6.59. The van der Waals surface area contributed by atoms with E-state index in [2.05, 4.69) is 4.72 Å². The third kappa shape index (κ3) is 3.55. The lowest BCUT2D eigenvalue weighted by Crippen LogP contribution is -2.15. The molecule has 21 heavy (non-hydrogen) atoms. The van der Waals surface area contributed by atoms with E-state index in [0.29, 0.717) is 12.1 Å². The quantitative estimate of drug-likeness (QED) is 0.828. The van der Waals surface area contributed by atoms with E-state index in [9.17, 15) is 17.2 Å². The van der Waals surface area contributed by atoms with Crippen LogP contribution in [0.4, 0.5) is 20.2 Å². The number of sulfonamides is 1. The van der Waals surface area contributed by atoms with Crippen LogP contribution in [0.15, 0.2) is 35.2 Å². The van der Waals surface area contributed by atoms with Crippen molar-refractivity contribution in [3.63, 3.8) is 0 Å². The van der Waals surface area contributed by atoms with Gasteiger partial charge in [-0.1, -0.05) is 23.2 Å². The first-order chi connectivity index (χ1) is 9.69. The van der Waals surface area contributed by atoms with Gasteiger partial charge in [-0.3, -0.25) is 4.72 Å². The van der Waals surface area contributed by atoms with E-state index < -0.39 is 32.2 Å². The maximum atomic E-state index is 13.6. The maximum Gasteiger partial charge on any atom is 0.264 e. The van der Waals surface area contributed by atoms with Gasteiger partial charge in [-0.25, -0.2) is 17.2 Å². The molecule has 0 bridgehead atoms. The largest absolute Gasteiger partial charge is 0.396 e. The van der Waals surface area contributed by atoms with E-state index in [0.717, 1.165) is 0 Å². The molecule has 0 aliphatic heterocycles. The summed E-state index contributed by atoms with van der Waals surface area (Å²) in [5.74, 6) is -2.31. The molecule has 0 saturated carbocycles. The topological polar surface area (TPSA) is 72.2 Å². The van der Waals surface area contributed by atoms with Gasteiger partial charge in [0.05, 0.1) is 11.4 Å². The summed E-state index contributed by atoms with van der Waals surface area (Å²) < 4.78 is 53.0. The molecule has 0 saturated heterocycles. The van der Waals surface area contributed by atoms with Gasteiger partial charge < -0.3 is 5.73 Å². The summed E-state index contributed by atoms with van der Waals surface area (Å²) in [4.78, 5) is -0.780. The van der Waals surface area contributed by atoms with Crippen molar-refractivity contribution < 1.29 is 17.2 Å². The Morgan fingerprint density at radius 2 is 1.52 bits per heavy atom. The summed E-state index contributed by atoms with van der Waals surface area (Å²) in [6.45, 7) is 0. The van der Waals surface area contributed by atoms with Gasteiger partial charge in [0.25, 0.3) is 10.0 Å². The number of rotatable bonds is 3. The molecule has 0 atom stereocenters. The fourth-order valence-corrected chi connectivity index (χ4v) is 3.24. The van der Waals surface area contributed by atoms with Crippen molar-refractivity contribution in [3.8, 4) is 0 Å². The van der Waals surface area contributed by atoms with E-state index in [4.69, 9.17) is 28.9 Å². The molecule has 112 valence electrons. The molecule has 0 radical (unpaired) electrons. The van der Waals surface area contributed by atoms with Crippen LogP contribution in [-0.2, 0) is 10.0 Å². The summed E-state index contributed by atoms with van der Waals surface area (Å²) >= 11 is 11.5. The fourth-order valence-electron chi connectivity index (χ4n) is 1.57. The molecule has 0 amide bonds. The second kappa shape index (κ2) is 5.67. The lowest BCUT2D eigenvalue weighted by Gasteiger charge is -2.10. The van der Waals surface area contributed by atoms with Crippen molar-refractivity contribution in [2.24, 2.45) is 0 Å². The first-order valence-corrected chi connectivity index (χ1v) is 7.66. The van der Waals surface area contributed by atoms with Crippen LogP contribution in [0.1, 0.15) is 0 Å². The molecule has 3 N–H and O–H groups in total. The number of nitrogen functional groups attached to an aromatic ring is 1. The van der Waals surface area contributed by atoms with Crippen molar-refractivity contribution in [3.05, 3.63) is 52.0 Å². The number of nitrogens with two attached hydrogens (primary N) is 1. The normalized spacial score (nSPS) is 11.4. The van der Waals surface area contributed by atoms with E-state index >= 15 is 0 Å². The molecule has 0 fully saturated rings. The maximum absolute atomic E-state index is 13.6. The Kier molecular flexibility index (Phi) is 4.27. The van der Waals surface area contributed by atoms with Gasteiger partial charge in [0, 0.05) is 16.1 Å². The Hall–Kier alpha value is -1.57. The Labute approximate surface area is 129 Å². The Bertz CT molecular complexity index is 793. The van der Waals surface area contributed by atoms with E-state index in [1.807, 2.05) is 0 Å². The van der Waals surface area contributed by atoms with Crippen LogP contribution in [0.5, 0.6) is 0 Å². The van der Waals surface area contributed by atoms with Gasteiger partial charge in [-0.2, -0.15) is 0 Å². The average molecular weight is 353 g/mol. The molecular weight excluding hydrogens is 345 g/mol. The smallest absolute Gasteiger partial charge is 0.264 e. The van der Waals surface area contributed by atoms with E-state index in [1.54, 1.807) is 0 Å². The molecule has 0 aliphatic rings. The highest BCUT2D eigenvalue weighted by molar-refractivity contribution is 7.92. The Morgan fingerprint density at radius 3 is 2.10 bits per heavy atom. The van der Waals surface area contributed by atoms with Crippen LogP contribution >= 0.6 is 23.2 Å². The lowest BCUT2D eigenvalue weighted by atomic mass is 10.3. The molecule has 0 spiro atoms. The van der Waals surface area contributed by atoms with Gasteiger partial charge in [-0.05, 0) is 24.3 Å². The zero-order valence-electron chi connectivity index (χ0n) is 10.2. The lowest BCUT2D eigenvalue weighted by molar-refractivity contribution is 0.553. The second-order valence-electron chi connectivity index (χ2n) is 4.07. The van der Waals surface area contributed by atoms with Gasteiger partial charge >= 0.3 is 0 Å². The van der Waals surface area contributed by atoms with Crippen LogP contribution in [0.2, 0.25) is 10.0 Å². The number of halogens is 4. The van der Waals surface area contributed by atoms with Gasteiger partial charge in [0.2, 0.25) is 0 Å². The zero-order chi connectivity index (χ0) is 15.8. The van der Waals surface area contributed by atoms with Crippen molar-refractivity contribution >= 4 is 44.6 Å². The Morgan fingerprint density at radius 1 is 0.952 bits per heavy atom. The monoisotopic (exact) mass is 352 g/mol. The Balaban J connectivity index is 2.45. The third-order valence-corrected chi connectivity index (χ3v) is 4.29. The molecule has 0 heterocycles. The summed E-state index contributed by atoms with van der Waals surface area (Å²) in [5.41, 5.74) is 4.80. The predicted molar refractivity (Wildman–Crippen MR) is 78.0 cm³/mol. The molecule has 0 aromatic heterocycles. The molecule has 4 nitrogen and oxygen atoms in total. The minimum absolute atomic E-state index is 0.0368. The first-order valence-electron chi connectivity index (χ1n) is 5.42. The zero-order valence-corrected chi connectivity index (χ0v) is 12.5. The van der Waals surface area contributed by atoms with Crippen molar-refractivity contribution in [1.82, 2.24) is 0 Å². The predicted octanol–water partition coefficient (Wildman–Crippen LogP) is 3.65. The van der Waals surface area contributed by atoms with Crippen LogP contribution in [-0.4, -0.2) is 8.42 Å². The number of nitrogens with one attached hydrogen (secondary N) is 1. The molecule has 2 rings (SSSR count). The molecule has 0 aliphatic carbocycles. The molecule has 2 aromatic carbocycles. The summed E-state index contributed by atoms with van der Waals surface area (Å²) in [6, 6.07) is 5.07. The average Bonchev–Trinajstić information content (AvgIpc) is 2.31. The van der Waals surface area contributed by atoms with Crippen LogP contribution in [0.3, 0.4) is 0 Å². The third-order valence-electron chi connectivity index (χ3n) is 2.46. The van der Waals surface area contributed by atoms with Crippen molar-refractivity contribution in [1.29, 1.82) is 0 Å². The SMILES string of the molecule is Nc1cc(S(=O)(=O)Nc2cc(Cl)cc(Cl)c2)c(F)cc1F. The highest BCUT2D eigenvalue weighted by Gasteiger charge is 2.21. The van der Waals surface area contributed by atoms with E-state index in [1.165, 1.54) is 18.2 Å². The molecular formula is C12H8Cl2F2N2O2S. The minimum atomic E-state index is -4.31. The number of hydrogen-bond donors (Lipinski definition) is 2. The van der Waals surface area contributed by atoms with Crippen LogP contribution < -0.4 is 10.5 Å². The minimum Gasteiger partial charge on any atom is -0.396 e. The summed E-state index contributed by atoms with van der Waals surface area (Å²) in [7, 11) is -4.31. The standard InChI is InChI=1S/C12H8Cl2F2N2O2S/c13-6-1-7(14)3-8(2-6)18-21(19,20)12-5-11(17)9(15)4-10(12)16/h1-5,18H,17H2. The highest BCUT2D eigenvalue weighted by Crippen LogP contribution is 2.27. The summed E-state index contributed by atoms with van der Waals surface area (Å²) in [5, 5.41) is 0.388. The summed E-state index contributed by atoms with van der Waals surface area (Å²) in [6.07, 6.45) is 0. The molecule has 0 unspecified atom stereocenters. The highest BCUT2D eigenvalue weighted by atomic mass is 35.5. The van der Waals surface area contributed by atoms with Crippen molar-refractivity contribution in [2.45, 2.75) is 4.90 Å². The van der Waals surface area contributed by atoms with Gasteiger partial charge in [0.15, 0.2) is 0 Å². The van der Waals surface area contributed by atoms with E-state index in [-0.39, 0.29) is 15.7 Å². The fraction of sp³-hybridized carbons (Fsp3) is 0. The number of anilines is 2. The van der Waals surface area contributed by atoms with Crippen LogP contribution in [0, 0.1) is 11.6 Å². The van der Waals surface area contributed by atoms with Gasteiger partial charge in [0.1, 0.15) is 16.5 Å². The van der Waals surface area contributed by atoms with Crippen molar-refractivity contribution in [2.75, 3.05) is 10.5 Å². The number of benzene rings is 2. The first kappa shape index (κ1) is 15.8. The number of hydrogen-bond acceptors (Lipinski definition) is 3.